The first-order valence-corrected chi connectivity index (χ1v) is 11.0. The number of aliphatic hydroxyl groups excluding tert-OH is 2. The van der Waals surface area contributed by atoms with Crippen LogP contribution in [-0.2, 0) is 5.41 Å². The van der Waals surface area contributed by atoms with E-state index in [1.807, 2.05) is 38.4 Å². The second kappa shape index (κ2) is 12.7. The smallest absolute Gasteiger partial charge is 0.119 e. The molecule has 0 aliphatic rings. The van der Waals surface area contributed by atoms with Crippen molar-refractivity contribution in [3.05, 3.63) is 59.7 Å². The molecule has 0 heterocycles. The zero-order valence-electron chi connectivity index (χ0n) is 19.2. The molecule has 0 saturated carbocycles. The summed E-state index contributed by atoms with van der Waals surface area (Å²) in [6.45, 7) is 6.46. The maximum absolute atomic E-state index is 9.91. The van der Waals surface area contributed by atoms with Gasteiger partial charge in [0.05, 0.1) is 12.2 Å². The SMILES string of the molecule is CNCCC(O)COc1ccc(C(C)(C)c2ccc(OCC(O)CCNC)cc2)cc1. The van der Waals surface area contributed by atoms with Gasteiger partial charge in [-0.1, -0.05) is 38.1 Å². The molecule has 0 amide bonds. The van der Waals surface area contributed by atoms with Crippen LogP contribution in [0.25, 0.3) is 0 Å². The predicted octanol–water partition coefficient (Wildman–Crippen LogP) is 2.71. The zero-order chi connectivity index (χ0) is 22.7. The molecule has 0 aliphatic heterocycles. The maximum atomic E-state index is 9.91. The normalized spacial score (nSPS) is 13.6. The molecule has 2 atom stereocenters. The van der Waals surface area contributed by atoms with E-state index in [0.717, 1.165) is 24.6 Å². The third kappa shape index (κ3) is 8.15. The van der Waals surface area contributed by atoms with Gasteiger partial charge in [0.25, 0.3) is 0 Å². The number of aliphatic hydroxyl groups is 2. The molecule has 0 bridgehead atoms. The quantitative estimate of drug-likeness (QED) is 0.369. The van der Waals surface area contributed by atoms with E-state index in [1.165, 1.54) is 11.1 Å². The molecule has 2 aromatic carbocycles. The largest absolute Gasteiger partial charge is 0.491 e. The summed E-state index contributed by atoms with van der Waals surface area (Å²) < 4.78 is 11.4. The minimum absolute atomic E-state index is 0.185. The van der Waals surface area contributed by atoms with Crippen molar-refractivity contribution in [3.63, 3.8) is 0 Å². The van der Waals surface area contributed by atoms with Crippen LogP contribution in [0.4, 0.5) is 0 Å². The highest BCUT2D eigenvalue weighted by molar-refractivity contribution is 5.41. The van der Waals surface area contributed by atoms with Gasteiger partial charge in [0.15, 0.2) is 0 Å². The van der Waals surface area contributed by atoms with Gasteiger partial charge in [0.1, 0.15) is 24.7 Å². The molecule has 31 heavy (non-hydrogen) atoms. The van der Waals surface area contributed by atoms with Gasteiger partial charge in [0.2, 0.25) is 0 Å². The molecule has 2 rings (SSSR count). The highest BCUT2D eigenvalue weighted by Crippen LogP contribution is 2.33. The average Bonchev–Trinajstić information content (AvgIpc) is 2.79. The van der Waals surface area contributed by atoms with E-state index in [0.29, 0.717) is 12.8 Å². The van der Waals surface area contributed by atoms with Crippen LogP contribution in [0.2, 0.25) is 0 Å². The van der Waals surface area contributed by atoms with Gasteiger partial charge in [-0.15, -0.1) is 0 Å². The first-order valence-electron chi connectivity index (χ1n) is 11.0. The highest BCUT2D eigenvalue weighted by Gasteiger charge is 2.23. The summed E-state index contributed by atoms with van der Waals surface area (Å²) >= 11 is 0. The van der Waals surface area contributed by atoms with E-state index in [4.69, 9.17) is 9.47 Å². The Balaban J connectivity index is 1.93. The Morgan fingerprint density at radius 1 is 0.710 bits per heavy atom. The number of nitrogens with one attached hydrogen (secondary N) is 2. The van der Waals surface area contributed by atoms with Gasteiger partial charge in [-0.2, -0.15) is 0 Å². The lowest BCUT2D eigenvalue weighted by atomic mass is 9.78. The zero-order valence-corrected chi connectivity index (χ0v) is 19.2. The molecular formula is C25H38N2O4. The minimum Gasteiger partial charge on any atom is -0.491 e. The van der Waals surface area contributed by atoms with Crippen LogP contribution in [0.1, 0.15) is 37.8 Å². The molecule has 6 heteroatoms. The van der Waals surface area contributed by atoms with E-state index in [1.54, 1.807) is 0 Å². The van der Waals surface area contributed by atoms with Crippen molar-refractivity contribution in [3.8, 4) is 11.5 Å². The molecule has 2 unspecified atom stereocenters. The summed E-state index contributed by atoms with van der Waals surface area (Å²) in [6.07, 6.45) is 0.370. The summed E-state index contributed by atoms with van der Waals surface area (Å²) in [4.78, 5) is 0. The summed E-state index contributed by atoms with van der Waals surface area (Å²) in [5.74, 6) is 1.51. The fourth-order valence-corrected chi connectivity index (χ4v) is 3.28. The van der Waals surface area contributed by atoms with E-state index in [9.17, 15) is 10.2 Å². The molecule has 0 aliphatic carbocycles. The molecule has 0 radical (unpaired) electrons. The lowest BCUT2D eigenvalue weighted by Crippen LogP contribution is -2.23. The molecule has 2 aromatic rings. The molecule has 6 nitrogen and oxygen atoms in total. The minimum atomic E-state index is -0.478. The summed E-state index contributed by atoms with van der Waals surface area (Å²) in [5.41, 5.74) is 2.16. The Labute approximate surface area is 186 Å². The van der Waals surface area contributed by atoms with Gasteiger partial charge >= 0.3 is 0 Å². The number of ether oxygens (including phenoxy) is 2. The summed E-state index contributed by atoms with van der Waals surface area (Å²) in [5, 5.41) is 25.9. The van der Waals surface area contributed by atoms with Crippen molar-refractivity contribution < 1.29 is 19.7 Å². The van der Waals surface area contributed by atoms with Gasteiger partial charge < -0.3 is 30.3 Å². The monoisotopic (exact) mass is 430 g/mol. The van der Waals surface area contributed by atoms with Crippen molar-refractivity contribution in [2.75, 3.05) is 40.4 Å². The predicted molar refractivity (Wildman–Crippen MR) is 125 cm³/mol. The van der Waals surface area contributed by atoms with Crippen LogP contribution in [-0.4, -0.2) is 62.8 Å². The van der Waals surface area contributed by atoms with E-state index < -0.39 is 12.2 Å². The first-order chi connectivity index (χ1) is 14.9. The van der Waals surface area contributed by atoms with Crippen molar-refractivity contribution in [2.45, 2.75) is 44.3 Å². The third-order valence-corrected chi connectivity index (χ3v) is 5.49. The molecule has 0 aromatic heterocycles. The highest BCUT2D eigenvalue weighted by atomic mass is 16.5. The topological polar surface area (TPSA) is 83.0 Å². The maximum Gasteiger partial charge on any atom is 0.119 e. The van der Waals surface area contributed by atoms with Crippen LogP contribution < -0.4 is 20.1 Å². The van der Waals surface area contributed by atoms with E-state index in [-0.39, 0.29) is 18.6 Å². The lowest BCUT2D eigenvalue weighted by Gasteiger charge is -2.26. The first kappa shape index (κ1) is 25.1. The van der Waals surface area contributed by atoms with E-state index >= 15 is 0 Å². The fraction of sp³-hybridized carbons (Fsp3) is 0.520. The molecule has 0 saturated heterocycles. The number of benzene rings is 2. The van der Waals surface area contributed by atoms with Crippen LogP contribution in [0, 0.1) is 0 Å². The lowest BCUT2D eigenvalue weighted by molar-refractivity contribution is 0.100. The van der Waals surface area contributed by atoms with Crippen LogP contribution >= 0.6 is 0 Å². The molecule has 4 N–H and O–H groups in total. The van der Waals surface area contributed by atoms with Crippen molar-refractivity contribution in [1.29, 1.82) is 0 Å². The summed E-state index contributed by atoms with van der Waals surface area (Å²) in [7, 11) is 3.73. The second-order valence-electron chi connectivity index (χ2n) is 8.39. The molecular weight excluding hydrogens is 392 g/mol. The van der Waals surface area contributed by atoms with Crippen molar-refractivity contribution >= 4 is 0 Å². The average molecular weight is 431 g/mol. The Morgan fingerprint density at radius 3 is 1.39 bits per heavy atom. The van der Waals surface area contributed by atoms with E-state index in [2.05, 4.69) is 48.7 Å². The third-order valence-electron chi connectivity index (χ3n) is 5.49. The van der Waals surface area contributed by atoms with Crippen LogP contribution in [0.5, 0.6) is 11.5 Å². The Hall–Kier alpha value is -2.12. The molecule has 0 spiro atoms. The number of rotatable bonds is 14. The second-order valence-corrected chi connectivity index (χ2v) is 8.39. The van der Waals surface area contributed by atoms with Crippen molar-refractivity contribution in [1.82, 2.24) is 10.6 Å². The Morgan fingerprint density at radius 2 is 1.06 bits per heavy atom. The number of hydrogen-bond acceptors (Lipinski definition) is 6. The standard InChI is InChI=1S/C25H38N2O4/c1-25(2,19-5-9-23(10-6-19)30-17-21(28)13-15-26-3)20-7-11-24(12-8-20)31-18-22(29)14-16-27-4/h5-12,21-22,26-29H,13-18H2,1-4H3. The Bertz CT molecular complexity index is 684. The summed E-state index contributed by atoms with van der Waals surface area (Å²) in [6, 6.07) is 16.1. The van der Waals surface area contributed by atoms with Crippen LogP contribution in [0.15, 0.2) is 48.5 Å². The van der Waals surface area contributed by atoms with Gasteiger partial charge in [-0.3, -0.25) is 0 Å². The Kier molecular flexibility index (Phi) is 10.3. The number of hydrogen-bond donors (Lipinski definition) is 4. The van der Waals surface area contributed by atoms with Crippen molar-refractivity contribution in [2.24, 2.45) is 0 Å². The fourth-order valence-electron chi connectivity index (χ4n) is 3.28. The van der Waals surface area contributed by atoms with Gasteiger partial charge in [-0.05, 0) is 75.4 Å². The van der Waals surface area contributed by atoms with Gasteiger partial charge in [0, 0.05) is 5.41 Å². The molecule has 0 fully saturated rings. The van der Waals surface area contributed by atoms with Gasteiger partial charge in [-0.25, -0.2) is 0 Å². The van der Waals surface area contributed by atoms with Crippen LogP contribution in [0.3, 0.4) is 0 Å². The molecule has 172 valence electrons.